The molecule has 0 saturated carbocycles. The normalized spacial score (nSPS) is 13.0. The van der Waals surface area contributed by atoms with Crippen LogP contribution in [-0.2, 0) is 6.42 Å². The molecule has 1 atom stereocenters. The van der Waals surface area contributed by atoms with E-state index in [2.05, 4.69) is 4.98 Å². The van der Waals surface area contributed by atoms with Crippen LogP contribution in [0.3, 0.4) is 0 Å². The highest BCUT2D eigenvalue weighted by molar-refractivity contribution is 5.45. The van der Waals surface area contributed by atoms with Gasteiger partial charge in [-0.1, -0.05) is 0 Å². The van der Waals surface area contributed by atoms with Crippen LogP contribution in [0.2, 0.25) is 0 Å². The second kappa shape index (κ2) is 3.90. The fourth-order valence-electron chi connectivity index (χ4n) is 1.62. The van der Waals surface area contributed by atoms with Crippen molar-refractivity contribution in [3.05, 3.63) is 30.2 Å². The van der Waals surface area contributed by atoms with Crippen LogP contribution in [0.4, 0.5) is 0 Å². The average molecular weight is 205 g/mol. The van der Waals surface area contributed by atoms with Crippen LogP contribution in [0.1, 0.15) is 12.6 Å². The van der Waals surface area contributed by atoms with Gasteiger partial charge >= 0.3 is 0 Å². The third-order valence-corrected chi connectivity index (χ3v) is 2.33. The van der Waals surface area contributed by atoms with Gasteiger partial charge in [0.15, 0.2) is 0 Å². The minimum Gasteiger partial charge on any atom is -0.497 e. The van der Waals surface area contributed by atoms with Gasteiger partial charge in [0.25, 0.3) is 0 Å². The second-order valence-corrected chi connectivity index (χ2v) is 3.73. The van der Waals surface area contributed by atoms with Crippen molar-refractivity contribution < 1.29 is 4.74 Å². The molecule has 15 heavy (non-hydrogen) atoms. The van der Waals surface area contributed by atoms with E-state index in [1.165, 1.54) is 0 Å². The summed E-state index contributed by atoms with van der Waals surface area (Å²) in [7, 11) is 1.65. The van der Waals surface area contributed by atoms with Gasteiger partial charge in [-0.3, -0.25) is 0 Å². The molecule has 0 aliphatic rings. The summed E-state index contributed by atoms with van der Waals surface area (Å²) in [6, 6.07) is 3.97. The Morgan fingerprint density at radius 1 is 1.60 bits per heavy atom. The van der Waals surface area contributed by atoms with E-state index >= 15 is 0 Å². The lowest BCUT2D eigenvalue weighted by molar-refractivity contribution is 0.414. The quantitative estimate of drug-likeness (QED) is 0.820. The van der Waals surface area contributed by atoms with E-state index in [1.54, 1.807) is 7.11 Å². The average Bonchev–Trinajstić information content (AvgIpc) is 2.60. The Balaban J connectivity index is 2.43. The van der Waals surface area contributed by atoms with Gasteiger partial charge in [-0.05, 0) is 13.0 Å². The van der Waals surface area contributed by atoms with E-state index in [-0.39, 0.29) is 6.04 Å². The first kappa shape index (κ1) is 9.98. The van der Waals surface area contributed by atoms with Crippen molar-refractivity contribution in [2.75, 3.05) is 7.11 Å². The lowest BCUT2D eigenvalue weighted by atomic mass is 10.2. The summed E-state index contributed by atoms with van der Waals surface area (Å²) >= 11 is 0. The third kappa shape index (κ3) is 1.94. The number of fused-ring (bicyclic) bond motifs is 1. The van der Waals surface area contributed by atoms with Crippen molar-refractivity contribution >= 4 is 5.65 Å². The van der Waals surface area contributed by atoms with Crippen LogP contribution in [0.5, 0.6) is 5.75 Å². The summed E-state index contributed by atoms with van der Waals surface area (Å²) in [4.78, 5) is 4.31. The summed E-state index contributed by atoms with van der Waals surface area (Å²) in [5.74, 6) is 0.820. The Bertz CT molecular complexity index is 462. The van der Waals surface area contributed by atoms with E-state index in [1.807, 2.05) is 35.9 Å². The number of hydrogen-bond donors (Lipinski definition) is 1. The molecular formula is C11H15N3O. The molecule has 2 aromatic heterocycles. The van der Waals surface area contributed by atoms with Crippen LogP contribution in [-0.4, -0.2) is 22.5 Å². The first-order chi connectivity index (χ1) is 7.20. The molecule has 80 valence electrons. The predicted octanol–water partition coefficient (Wildman–Crippen LogP) is 1.23. The summed E-state index contributed by atoms with van der Waals surface area (Å²) < 4.78 is 7.17. The van der Waals surface area contributed by atoms with Gasteiger partial charge in [0.2, 0.25) is 0 Å². The van der Waals surface area contributed by atoms with Crippen molar-refractivity contribution in [1.29, 1.82) is 0 Å². The van der Waals surface area contributed by atoms with Crippen molar-refractivity contribution in [2.45, 2.75) is 19.4 Å². The molecule has 4 heteroatoms. The summed E-state index contributed by atoms with van der Waals surface area (Å²) in [5, 5.41) is 0. The molecular weight excluding hydrogens is 190 g/mol. The maximum absolute atomic E-state index is 5.76. The van der Waals surface area contributed by atoms with Gasteiger partial charge in [0, 0.05) is 36.6 Å². The van der Waals surface area contributed by atoms with Gasteiger partial charge in [0.1, 0.15) is 11.4 Å². The number of pyridine rings is 1. The monoisotopic (exact) mass is 205 g/mol. The summed E-state index contributed by atoms with van der Waals surface area (Å²) in [6.45, 7) is 1.99. The Labute approximate surface area is 88.7 Å². The van der Waals surface area contributed by atoms with Crippen molar-refractivity contribution in [3.63, 3.8) is 0 Å². The van der Waals surface area contributed by atoms with Crippen LogP contribution >= 0.6 is 0 Å². The molecule has 0 aromatic carbocycles. The zero-order valence-electron chi connectivity index (χ0n) is 8.97. The predicted molar refractivity (Wildman–Crippen MR) is 59.1 cm³/mol. The summed E-state index contributed by atoms with van der Waals surface area (Å²) in [5.41, 5.74) is 7.79. The van der Waals surface area contributed by atoms with Gasteiger partial charge in [-0.25, -0.2) is 4.98 Å². The number of nitrogens with zero attached hydrogens (tertiary/aromatic N) is 2. The molecule has 0 radical (unpaired) electrons. The second-order valence-electron chi connectivity index (χ2n) is 3.73. The van der Waals surface area contributed by atoms with Gasteiger partial charge in [0.05, 0.1) is 7.11 Å². The molecule has 4 nitrogen and oxygen atoms in total. The van der Waals surface area contributed by atoms with Crippen molar-refractivity contribution in [2.24, 2.45) is 5.73 Å². The highest BCUT2D eigenvalue weighted by atomic mass is 16.5. The maximum atomic E-state index is 5.76. The Morgan fingerprint density at radius 2 is 2.40 bits per heavy atom. The Kier molecular flexibility index (Phi) is 2.60. The molecule has 0 bridgehead atoms. The highest BCUT2D eigenvalue weighted by Crippen LogP contribution is 2.15. The van der Waals surface area contributed by atoms with E-state index < -0.39 is 0 Å². The molecule has 0 spiro atoms. The number of rotatable bonds is 3. The highest BCUT2D eigenvalue weighted by Gasteiger charge is 2.05. The Hall–Kier alpha value is -1.55. The Morgan fingerprint density at radius 3 is 3.07 bits per heavy atom. The first-order valence-electron chi connectivity index (χ1n) is 4.96. The number of methoxy groups -OCH3 is 1. The van der Waals surface area contributed by atoms with E-state index in [4.69, 9.17) is 10.5 Å². The van der Waals surface area contributed by atoms with Crippen LogP contribution in [0.25, 0.3) is 5.65 Å². The van der Waals surface area contributed by atoms with Crippen molar-refractivity contribution in [3.8, 4) is 5.75 Å². The van der Waals surface area contributed by atoms with Gasteiger partial charge in [-0.2, -0.15) is 0 Å². The molecule has 0 aliphatic heterocycles. The molecule has 2 aromatic rings. The number of ether oxygens (including phenoxy) is 1. The van der Waals surface area contributed by atoms with Crippen molar-refractivity contribution in [1.82, 2.24) is 9.38 Å². The minimum atomic E-state index is 0.145. The smallest absolute Gasteiger partial charge is 0.140 e. The number of nitrogens with two attached hydrogens (primary N) is 1. The fraction of sp³-hybridized carbons (Fsp3) is 0.364. The molecule has 2 N–H and O–H groups in total. The lowest BCUT2D eigenvalue weighted by Crippen LogP contribution is -2.18. The third-order valence-electron chi connectivity index (χ3n) is 2.33. The minimum absolute atomic E-state index is 0.145. The zero-order valence-corrected chi connectivity index (χ0v) is 8.97. The molecule has 2 heterocycles. The molecule has 2 rings (SSSR count). The standard InChI is InChI=1S/C11H15N3O/c1-8(12)5-9-7-13-11-6-10(15-2)3-4-14(9)11/h3-4,6-8H,5,12H2,1-2H3. The SMILES string of the molecule is COc1ccn2c(CC(C)N)cnc2c1. The lowest BCUT2D eigenvalue weighted by Gasteiger charge is -2.05. The summed E-state index contributed by atoms with van der Waals surface area (Å²) in [6.07, 6.45) is 4.64. The van der Waals surface area contributed by atoms with Crippen LogP contribution in [0, 0.1) is 0 Å². The fourth-order valence-corrected chi connectivity index (χ4v) is 1.62. The zero-order chi connectivity index (χ0) is 10.8. The molecule has 0 saturated heterocycles. The first-order valence-corrected chi connectivity index (χ1v) is 4.96. The topological polar surface area (TPSA) is 52.5 Å². The van der Waals surface area contributed by atoms with E-state index in [0.717, 1.165) is 23.5 Å². The number of aromatic nitrogens is 2. The molecule has 0 aliphatic carbocycles. The van der Waals surface area contributed by atoms with E-state index in [0.29, 0.717) is 0 Å². The van der Waals surface area contributed by atoms with Gasteiger partial charge in [-0.15, -0.1) is 0 Å². The number of hydrogen-bond acceptors (Lipinski definition) is 3. The molecule has 1 unspecified atom stereocenters. The van der Waals surface area contributed by atoms with E-state index in [9.17, 15) is 0 Å². The maximum Gasteiger partial charge on any atom is 0.140 e. The molecule has 0 amide bonds. The number of imidazole rings is 1. The van der Waals surface area contributed by atoms with Crippen LogP contribution < -0.4 is 10.5 Å². The molecule has 0 fully saturated rings. The van der Waals surface area contributed by atoms with Crippen LogP contribution in [0.15, 0.2) is 24.5 Å². The van der Waals surface area contributed by atoms with Gasteiger partial charge < -0.3 is 14.9 Å². The largest absolute Gasteiger partial charge is 0.497 e.